The first-order valence-electron chi connectivity index (χ1n) is 6.74. The smallest absolute Gasteiger partial charge is 0.329 e. The van der Waals surface area contributed by atoms with Gasteiger partial charge in [-0.05, 0) is 12.5 Å². The zero-order valence-corrected chi connectivity index (χ0v) is 12.4. The second-order valence-electron chi connectivity index (χ2n) is 4.84. The summed E-state index contributed by atoms with van der Waals surface area (Å²) in [5.41, 5.74) is 0.357. The summed E-state index contributed by atoms with van der Waals surface area (Å²) in [7, 11) is 0. The van der Waals surface area contributed by atoms with Crippen LogP contribution in [0.1, 0.15) is 30.1 Å². The number of hydrogen-bond acceptors (Lipinski definition) is 2. The Labute approximate surface area is 125 Å². The van der Waals surface area contributed by atoms with Gasteiger partial charge in [0, 0.05) is 22.0 Å². The lowest BCUT2D eigenvalue weighted by atomic mass is 10.1. The molecule has 0 N–H and O–H groups in total. The number of thiophene rings is 1. The van der Waals surface area contributed by atoms with E-state index in [1.165, 1.54) is 11.3 Å². The van der Waals surface area contributed by atoms with Gasteiger partial charge in [0.25, 0.3) is 5.91 Å². The zero-order valence-electron chi connectivity index (χ0n) is 11.6. The highest BCUT2D eigenvalue weighted by Gasteiger charge is 2.33. The first-order chi connectivity index (χ1) is 9.92. The molecule has 0 aliphatic heterocycles. The average Bonchev–Trinajstić information content (AvgIpc) is 2.85. The van der Waals surface area contributed by atoms with Gasteiger partial charge in [0.1, 0.15) is 6.54 Å². The van der Waals surface area contributed by atoms with E-state index in [0.717, 1.165) is 21.4 Å². The van der Waals surface area contributed by atoms with Crippen LogP contribution in [0.3, 0.4) is 0 Å². The van der Waals surface area contributed by atoms with Crippen LogP contribution in [-0.4, -0.2) is 30.1 Å². The molecule has 6 heteroatoms. The maximum atomic E-state index is 12.7. The second-order valence-corrected chi connectivity index (χ2v) is 5.75. The van der Waals surface area contributed by atoms with Crippen LogP contribution in [0.15, 0.2) is 29.6 Å². The Morgan fingerprint density at radius 3 is 2.67 bits per heavy atom. The van der Waals surface area contributed by atoms with Gasteiger partial charge in [0.2, 0.25) is 0 Å². The molecule has 1 aromatic heterocycles. The van der Waals surface area contributed by atoms with Gasteiger partial charge >= 0.3 is 6.18 Å². The quantitative estimate of drug-likeness (QED) is 0.783. The summed E-state index contributed by atoms with van der Waals surface area (Å²) in [6.45, 7) is 0.811. The predicted octanol–water partition coefficient (Wildman–Crippen LogP) is 4.71. The van der Waals surface area contributed by atoms with Crippen LogP contribution >= 0.6 is 11.3 Å². The molecule has 1 heterocycles. The van der Waals surface area contributed by atoms with E-state index >= 15 is 0 Å². The molecule has 0 aliphatic carbocycles. The standard InChI is InChI=1S/C15H16F3NOS/c1-2-3-8-19(10-15(16,17)18)14(20)12-9-21-13-7-5-4-6-11(12)13/h4-7,9H,2-3,8,10H2,1H3. The van der Waals surface area contributed by atoms with Gasteiger partial charge in [-0.25, -0.2) is 0 Å². The average molecular weight is 315 g/mol. The number of amides is 1. The number of carbonyl (C=O) groups is 1. The van der Waals surface area contributed by atoms with E-state index in [1.807, 2.05) is 19.1 Å². The molecule has 0 unspecified atom stereocenters. The monoisotopic (exact) mass is 315 g/mol. The van der Waals surface area contributed by atoms with Gasteiger partial charge in [0.15, 0.2) is 0 Å². The van der Waals surface area contributed by atoms with E-state index in [1.54, 1.807) is 17.5 Å². The number of hydrogen-bond donors (Lipinski definition) is 0. The molecule has 2 nitrogen and oxygen atoms in total. The Morgan fingerprint density at radius 1 is 1.29 bits per heavy atom. The first-order valence-corrected chi connectivity index (χ1v) is 7.62. The summed E-state index contributed by atoms with van der Waals surface area (Å²) < 4.78 is 38.9. The van der Waals surface area contributed by atoms with E-state index in [0.29, 0.717) is 12.0 Å². The minimum absolute atomic E-state index is 0.124. The lowest BCUT2D eigenvalue weighted by molar-refractivity contribution is -0.140. The number of benzene rings is 1. The van der Waals surface area contributed by atoms with Crippen molar-refractivity contribution >= 4 is 27.3 Å². The normalized spacial score (nSPS) is 11.8. The van der Waals surface area contributed by atoms with Crippen molar-refractivity contribution in [3.8, 4) is 0 Å². The maximum Gasteiger partial charge on any atom is 0.406 e. The lowest BCUT2D eigenvalue weighted by Crippen LogP contribution is -2.39. The minimum Gasteiger partial charge on any atom is -0.329 e. The molecule has 2 aromatic rings. The second kappa shape index (κ2) is 6.47. The molecule has 0 bridgehead atoms. The molecule has 0 atom stereocenters. The van der Waals surface area contributed by atoms with Gasteiger partial charge in [-0.15, -0.1) is 11.3 Å². The molecule has 0 saturated heterocycles. The Hall–Kier alpha value is -1.56. The molecule has 0 saturated carbocycles. The van der Waals surface area contributed by atoms with Crippen molar-refractivity contribution in [2.45, 2.75) is 25.9 Å². The summed E-state index contributed by atoms with van der Waals surface area (Å²) >= 11 is 1.37. The Kier molecular flexibility index (Phi) is 4.88. The first kappa shape index (κ1) is 15.8. The number of nitrogens with zero attached hydrogens (tertiary/aromatic N) is 1. The largest absolute Gasteiger partial charge is 0.406 e. The van der Waals surface area contributed by atoms with Gasteiger partial charge in [-0.2, -0.15) is 13.2 Å². The van der Waals surface area contributed by atoms with Crippen molar-refractivity contribution in [1.82, 2.24) is 4.90 Å². The van der Waals surface area contributed by atoms with E-state index in [9.17, 15) is 18.0 Å². The number of halogens is 3. The number of carbonyl (C=O) groups excluding carboxylic acids is 1. The number of fused-ring (bicyclic) bond motifs is 1. The molecule has 0 radical (unpaired) electrons. The number of unbranched alkanes of at least 4 members (excludes halogenated alkanes) is 1. The fraction of sp³-hybridized carbons (Fsp3) is 0.400. The van der Waals surface area contributed by atoms with Crippen molar-refractivity contribution in [2.75, 3.05) is 13.1 Å². The van der Waals surface area contributed by atoms with Crippen LogP contribution in [0.25, 0.3) is 10.1 Å². The Balaban J connectivity index is 2.28. The van der Waals surface area contributed by atoms with Crippen molar-refractivity contribution < 1.29 is 18.0 Å². The van der Waals surface area contributed by atoms with Crippen LogP contribution in [0.2, 0.25) is 0 Å². The van der Waals surface area contributed by atoms with Gasteiger partial charge in [-0.1, -0.05) is 31.5 Å². The van der Waals surface area contributed by atoms with Crippen LogP contribution in [0, 0.1) is 0 Å². The molecular weight excluding hydrogens is 299 g/mol. The summed E-state index contributed by atoms with van der Waals surface area (Å²) in [6.07, 6.45) is -3.08. The van der Waals surface area contributed by atoms with Gasteiger partial charge in [0.05, 0.1) is 5.56 Å². The molecule has 2 rings (SSSR count). The van der Waals surface area contributed by atoms with Gasteiger partial charge in [-0.3, -0.25) is 4.79 Å². The van der Waals surface area contributed by atoms with Crippen LogP contribution in [0.5, 0.6) is 0 Å². The van der Waals surface area contributed by atoms with Gasteiger partial charge < -0.3 is 4.90 Å². The third kappa shape index (κ3) is 3.97. The van der Waals surface area contributed by atoms with Crippen LogP contribution in [0.4, 0.5) is 13.2 Å². The molecule has 21 heavy (non-hydrogen) atoms. The molecule has 1 amide bonds. The topological polar surface area (TPSA) is 20.3 Å². The third-order valence-electron chi connectivity index (χ3n) is 3.15. The number of rotatable bonds is 5. The molecular formula is C15H16F3NOS. The van der Waals surface area contributed by atoms with Crippen molar-refractivity contribution in [3.05, 3.63) is 35.2 Å². The predicted molar refractivity (Wildman–Crippen MR) is 78.7 cm³/mol. The maximum absolute atomic E-state index is 12.7. The van der Waals surface area contributed by atoms with E-state index in [2.05, 4.69) is 0 Å². The Bertz CT molecular complexity index is 621. The molecule has 1 aromatic carbocycles. The molecule has 0 spiro atoms. The SMILES string of the molecule is CCCCN(CC(F)(F)F)C(=O)c1csc2ccccc12. The number of alkyl halides is 3. The molecule has 0 aliphatic rings. The summed E-state index contributed by atoms with van der Waals surface area (Å²) in [5, 5.41) is 2.36. The highest BCUT2D eigenvalue weighted by molar-refractivity contribution is 7.17. The van der Waals surface area contributed by atoms with E-state index in [-0.39, 0.29) is 6.54 Å². The third-order valence-corrected chi connectivity index (χ3v) is 4.11. The van der Waals surface area contributed by atoms with E-state index < -0.39 is 18.6 Å². The molecule has 114 valence electrons. The fourth-order valence-corrected chi connectivity index (χ4v) is 3.07. The molecule has 0 fully saturated rings. The van der Waals surface area contributed by atoms with Crippen molar-refractivity contribution in [1.29, 1.82) is 0 Å². The van der Waals surface area contributed by atoms with Crippen molar-refractivity contribution in [2.24, 2.45) is 0 Å². The highest BCUT2D eigenvalue weighted by atomic mass is 32.1. The zero-order chi connectivity index (χ0) is 15.5. The lowest BCUT2D eigenvalue weighted by Gasteiger charge is -2.23. The summed E-state index contributed by atoms with van der Waals surface area (Å²) in [4.78, 5) is 13.3. The van der Waals surface area contributed by atoms with Crippen LogP contribution in [-0.2, 0) is 0 Å². The van der Waals surface area contributed by atoms with E-state index in [4.69, 9.17) is 0 Å². The summed E-state index contributed by atoms with van der Waals surface area (Å²) in [5.74, 6) is -0.543. The fourth-order valence-electron chi connectivity index (χ4n) is 2.13. The summed E-state index contributed by atoms with van der Waals surface area (Å²) in [6, 6.07) is 7.26. The minimum atomic E-state index is -4.38. The van der Waals surface area contributed by atoms with Crippen molar-refractivity contribution in [3.63, 3.8) is 0 Å². The van der Waals surface area contributed by atoms with Crippen LogP contribution < -0.4 is 0 Å². The highest BCUT2D eigenvalue weighted by Crippen LogP contribution is 2.28. The Morgan fingerprint density at radius 2 is 2.00 bits per heavy atom.